The number of nitrogens with zero attached hydrogens (tertiary/aromatic N) is 5. The van der Waals surface area contributed by atoms with E-state index in [-0.39, 0.29) is 5.56 Å². The van der Waals surface area contributed by atoms with Crippen molar-refractivity contribution in [3.05, 3.63) is 64.2 Å². The summed E-state index contributed by atoms with van der Waals surface area (Å²) in [7, 11) is 1.91. The van der Waals surface area contributed by atoms with Gasteiger partial charge in [0.2, 0.25) is 10.1 Å². The molecule has 0 radical (unpaired) electrons. The van der Waals surface area contributed by atoms with Gasteiger partial charge in [-0.1, -0.05) is 48.6 Å². The molecule has 4 rings (SSSR count). The van der Waals surface area contributed by atoms with Crippen molar-refractivity contribution < 1.29 is 0 Å². The van der Waals surface area contributed by atoms with E-state index in [4.69, 9.17) is 0 Å². The lowest BCUT2D eigenvalue weighted by Gasteiger charge is -2.03. The second kappa shape index (κ2) is 6.72. The van der Waals surface area contributed by atoms with Crippen molar-refractivity contribution in [1.29, 1.82) is 0 Å². The molecule has 132 valence electrons. The molecule has 1 aromatic carbocycles. The van der Waals surface area contributed by atoms with Crippen LogP contribution in [0, 0.1) is 0 Å². The van der Waals surface area contributed by atoms with Crippen LogP contribution in [0.2, 0.25) is 0 Å². The highest BCUT2D eigenvalue weighted by Gasteiger charge is 2.12. The van der Waals surface area contributed by atoms with Gasteiger partial charge in [0.15, 0.2) is 0 Å². The van der Waals surface area contributed by atoms with E-state index in [1.165, 1.54) is 21.9 Å². The van der Waals surface area contributed by atoms with Gasteiger partial charge in [0.05, 0.1) is 5.69 Å². The van der Waals surface area contributed by atoms with E-state index in [9.17, 15) is 4.79 Å². The normalized spacial score (nSPS) is 11.2. The van der Waals surface area contributed by atoms with Gasteiger partial charge in [-0.15, -0.1) is 5.10 Å². The number of benzene rings is 1. The van der Waals surface area contributed by atoms with Gasteiger partial charge in [0.25, 0.3) is 5.56 Å². The van der Waals surface area contributed by atoms with Crippen LogP contribution in [0.3, 0.4) is 0 Å². The quantitative estimate of drug-likeness (QED) is 0.588. The summed E-state index contributed by atoms with van der Waals surface area (Å²) in [5.74, 6) is 0. The maximum atomic E-state index is 12.1. The molecular weight excluding hydrogens is 348 g/mol. The van der Waals surface area contributed by atoms with Crippen molar-refractivity contribution in [2.75, 3.05) is 5.32 Å². The molecule has 0 aliphatic heterocycles. The van der Waals surface area contributed by atoms with Gasteiger partial charge in [-0.25, -0.2) is 4.98 Å². The number of fused-ring (bicyclic) bond motifs is 1. The Balaban J connectivity index is 1.61. The van der Waals surface area contributed by atoms with Crippen LogP contribution in [0.15, 0.2) is 47.4 Å². The van der Waals surface area contributed by atoms with E-state index >= 15 is 0 Å². The Morgan fingerprint density at radius 3 is 2.77 bits per heavy atom. The van der Waals surface area contributed by atoms with Crippen LogP contribution in [-0.2, 0) is 20.0 Å². The van der Waals surface area contributed by atoms with Crippen molar-refractivity contribution in [3.8, 4) is 11.3 Å². The number of aryl methyl sites for hydroxylation is 2. The molecule has 4 aromatic rings. The summed E-state index contributed by atoms with van der Waals surface area (Å²) in [4.78, 5) is 17.2. The lowest BCUT2D eigenvalue weighted by molar-refractivity contribution is 0.770. The topological polar surface area (TPSA) is 77.1 Å². The van der Waals surface area contributed by atoms with Gasteiger partial charge >= 0.3 is 0 Å². The molecule has 8 heteroatoms. The van der Waals surface area contributed by atoms with E-state index in [1.54, 1.807) is 4.68 Å². The number of anilines is 1. The molecule has 0 bridgehead atoms. The molecule has 0 amide bonds. The van der Waals surface area contributed by atoms with Gasteiger partial charge in [0.1, 0.15) is 0 Å². The summed E-state index contributed by atoms with van der Waals surface area (Å²) in [5, 5.41) is 12.8. The molecule has 0 aliphatic carbocycles. The van der Waals surface area contributed by atoms with E-state index in [1.807, 2.05) is 50.5 Å². The van der Waals surface area contributed by atoms with Crippen LogP contribution in [0.5, 0.6) is 0 Å². The second-order valence-corrected chi connectivity index (χ2v) is 6.89. The predicted octanol–water partition coefficient (Wildman–Crippen LogP) is 2.73. The highest BCUT2D eigenvalue weighted by atomic mass is 32.1. The fraction of sp³-hybridized carbons (Fsp3) is 0.222. The second-order valence-electron chi connectivity index (χ2n) is 5.94. The Morgan fingerprint density at radius 2 is 2.00 bits per heavy atom. The highest BCUT2D eigenvalue weighted by molar-refractivity contribution is 7.20. The fourth-order valence-electron chi connectivity index (χ4n) is 2.79. The van der Waals surface area contributed by atoms with Crippen LogP contribution in [0.4, 0.5) is 5.13 Å². The summed E-state index contributed by atoms with van der Waals surface area (Å²) in [5.41, 5.74) is 3.70. The van der Waals surface area contributed by atoms with Gasteiger partial charge in [-0.2, -0.15) is 9.61 Å². The standard InChI is InChI=1S/C18H18N6OS/c1-3-14-9-15(25)24-18(20-14)26-17(22-24)19-10-13-11-23(2)21-16(13)12-7-5-4-6-8-12/h4-9,11H,3,10H2,1-2H3,(H,19,22). The van der Waals surface area contributed by atoms with E-state index in [0.29, 0.717) is 16.6 Å². The Morgan fingerprint density at radius 1 is 1.19 bits per heavy atom. The van der Waals surface area contributed by atoms with Gasteiger partial charge in [-0.3, -0.25) is 9.48 Å². The zero-order valence-electron chi connectivity index (χ0n) is 14.5. The number of hydrogen-bond acceptors (Lipinski definition) is 6. The average molecular weight is 366 g/mol. The smallest absolute Gasteiger partial charge is 0.275 e. The Kier molecular flexibility index (Phi) is 4.26. The summed E-state index contributed by atoms with van der Waals surface area (Å²) in [6, 6.07) is 11.6. The molecule has 0 saturated carbocycles. The molecule has 0 fully saturated rings. The molecule has 1 N–H and O–H groups in total. The van der Waals surface area contributed by atoms with Crippen molar-refractivity contribution >= 4 is 21.4 Å². The van der Waals surface area contributed by atoms with E-state index in [0.717, 1.165) is 28.9 Å². The molecule has 0 spiro atoms. The first-order valence-corrected chi connectivity index (χ1v) is 9.17. The largest absolute Gasteiger partial charge is 0.356 e. The maximum Gasteiger partial charge on any atom is 0.275 e. The number of aromatic nitrogens is 5. The van der Waals surface area contributed by atoms with Crippen molar-refractivity contribution in [2.24, 2.45) is 7.05 Å². The highest BCUT2D eigenvalue weighted by Crippen LogP contribution is 2.23. The third-order valence-corrected chi connectivity index (χ3v) is 4.91. The van der Waals surface area contributed by atoms with Crippen LogP contribution < -0.4 is 10.9 Å². The van der Waals surface area contributed by atoms with Crippen LogP contribution in [0.1, 0.15) is 18.2 Å². The maximum absolute atomic E-state index is 12.1. The van der Waals surface area contributed by atoms with Gasteiger partial charge in [-0.05, 0) is 6.42 Å². The van der Waals surface area contributed by atoms with Crippen molar-refractivity contribution in [1.82, 2.24) is 24.4 Å². The molecule has 26 heavy (non-hydrogen) atoms. The van der Waals surface area contributed by atoms with Crippen molar-refractivity contribution in [3.63, 3.8) is 0 Å². The summed E-state index contributed by atoms with van der Waals surface area (Å²) in [6.07, 6.45) is 2.71. The third kappa shape index (κ3) is 3.11. The Bertz CT molecular complexity index is 1110. The first-order chi connectivity index (χ1) is 12.6. The molecular formula is C18H18N6OS. The SMILES string of the molecule is CCc1cc(=O)n2nc(NCc3cn(C)nc3-c3ccccc3)sc2n1. The average Bonchev–Trinajstić information content (AvgIpc) is 3.24. The summed E-state index contributed by atoms with van der Waals surface area (Å²) >= 11 is 1.37. The first-order valence-electron chi connectivity index (χ1n) is 8.35. The van der Waals surface area contributed by atoms with Gasteiger partial charge < -0.3 is 5.32 Å². The first kappa shape index (κ1) is 16.5. The van der Waals surface area contributed by atoms with E-state index < -0.39 is 0 Å². The Labute approximate surface area is 154 Å². The lowest BCUT2D eigenvalue weighted by atomic mass is 10.1. The zero-order valence-corrected chi connectivity index (χ0v) is 15.3. The molecule has 3 heterocycles. The number of hydrogen-bond donors (Lipinski definition) is 1. The molecule has 7 nitrogen and oxygen atoms in total. The summed E-state index contributed by atoms with van der Waals surface area (Å²) < 4.78 is 3.14. The molecule has 0 aliphatic rings. The van der Waals surface area contributed by atoms with E-state index in [2.05, 4.69) is 20.5 Å². The monoisotopic (exact) mass is 366 g/mol. The number of nitrogens with one attached hydrogen (secondary N) is 1. The molecule has 0 atom stereocenters. The third-order valence-electron chi connectivity index (χ3n) is 4.04. The molecule has 3 aromatic heterocycles. The van der Waals surface area contributed by atoms with Crippen LogP contribution >= 0.6 is 11.3 Å². The molecule has 0 saturated heterocycles. The van der Waals surface area contributed by atoms with Crippen molar-refractivity contribution in [2.45, 2.75) is 19.9 Å². The zero-order chi connectivity index (χ0) is 18.1. The minimum atomic E-state index is -0.150. The predicted molar refractivity (Wildman–Crippen MR) is 102 cm³/mol. The lowest BCUT2D eigenvalue weighted by Crippen LogP contribution is -2.15. The van der Waals surface area contributed by atoms with Crippen LogP contribution in [0.25, 0.3) is 16.2 Å². The minimum absolute atomic E-state index is 0.150. The van der Waals surface area contributed by atoms with Crippen LogP contribution in [-0.4, -0.2) is 24.4 Å². The minimum Gasteiger partial charge on any atom is -0.356 e. The number of rotatable bonds is 5. The van der Waals surface area contributed by atoms with Gasteiger partial charge in [0, 0.05) is 42.7 Å². The fourth-order valence-corrected chi connectivity index (χ4v) is 3.61. The Hall–Kier alpha value is -3.00. The summed E-state index contributed by atoms with van der Waals surface area (Å²) in [6.45, 7) is 2.54. The molecule has 0 unspecified atom stereocenters.